The predicted molar refractivity (Wildman–Crippen MR) is 77.1 cm³/mol. The van der Waals surface area contributed by atoms with Crippen LogP contribution < -0.4 is 0 Å². The van der Waals surface area contributed by atoms with E-state index >= 15 is 0 Å². The monoisotopic (exact) mass is 303 g/mol. The summed E-state index contributed by atoms with van der Waals surface area (Å²) < 4.78 is 11.9. The van der Waals surface area contributed by atoms with Crippen molar-refractivity contribution in [2.45, 2.75) is 32.7 Å². The molecule has 2 aliphatic rings. The lowest BCUT2D eigenvalue weighted by Crippen LogP contribution is -2.21. The van der Waals surface area contributed by atoms with E-state index < -0.39 is 11.8 Å². The SMILES string of the molecule is CCOC(=O)c1c2c(n(C3CC3)c1C)C(=O)C=C(OC)C2=O. The van der Waals surface area contributed by atoms with E-state index in [0.29, 0.717) is 5.69 Å². The maximum absolute atomic E-state index is 12.6. The van der Waals surface area contributed by atoms with E-state index in [0.717, 1.165) is 12.8 Å². The molecule has 1 aromatic rings. The summed E-state index contributed by atoms with van der Waals surface area (Å²) in [5, 5.41) is 0. The maximum Gasteiger partial charge on any atom is 0.340 e. The van der Waals surface area contributed by atoms with Crippen LogP contribution in [0.2, 0.25) is 0 Å². The standard InChI is InChI=1S/C16H17NO5/c1-4-22-16(20)12-8(2)17(9-5-6-9)14-10(18)7-11(21-3)15(19)13(12)14/h7,9H,4-6H2,1-3H3. The molecule has 0 atom stereocenters. The molecule has 0 unspecified atom stereocenters. The van der Waals surface area contributed by atoms with E-state index in [2.05, 4.69) is 0 Å². The summed E-state index contributed by atoms with van der Waals surface area (Å²) >= 11 is 0. The number of ether oxygens (including phenoxy) is 2. The molecule has 3 rings (SSSR count). The number of rotatable bonds is 4. The summed E-state index contributed by atoms with van der Waals surface area (Å²) in [4.78, 5) is 37.3. The van der Waals surface area contributed by atoms with Crippen LogP contribution in [0.1, 0.15) is 62.7 Å². The van der Waals surface area contributed by atoms with E-state index in [1.54, 1.807) is 13.8 Å². The first kappa shape index (κ1) is 14.6. The molecule has 0 spiro atoms. The van der Waals surface area contributed by atoms with Crippen LogP contribution >= 0.6 is 0 Å². The van der Waals surface area contributed by atoms with E-state index in [-0.39, 0.29) is 41.0 Å². The zero-order valence-electron chi connectivity index (χ0n) is 12.8. The number of ketones is 2. The van der Waals surface area contributed by atoms with Crippen LogP contribution in [0, 0.1) is 6.92 Å². The van der Waals surface area contributed by atoms with Gasteiger partial charge in [-0.25, -0.2) is 4.79 Å². The smallest absolute Gasteiger partial charge is 0.340 e. The minimum Gasteiger partial charge on any atom is -0.492 e. The highest BCUT2D eigenvalue weighted by atomic mass is 16.5. The van der Waals surface area contributed by atoms with Gasteiger partial charge in [-0.05, 0) is 26.7 Å². The van der Waals surface area contributed by atoms with Crippen molar-refractivity contribution < 1.29 is 23.9 Å². The summed E-state index contributed by atoms with van der Waals surface area (Å²) in [6.07, 6.45) is 3.07. The van der Waals surface area contributed by atoms with Crippen LogP contribution in [0.15, 0.2) is 11.8 Å². The third-order valence-electron chi connectivity index (χ3n) is 4.01. The van der Waals surface area contributed by atoms with Gasteiger partial charge < -0.3 is 14.0 Å². The van der Waals surface area contributed by atoms with Crippen LogP contribution in [0.5, 0.6) is 0 Å². The van der Waals surface area contributed by atoms with Gasteiger partial charge in [0.15, 0.2) is 5.76 Å². The van der Waals surface area contributed by atoms with Crippen molar-refractivity contribution in [3.8, 4) is 0 Å². The Balaban J connectivity index is 2.26. The first-order valence-electron chi connectivity index (χ1n) is 7.27. The zero-order valence-corrected chi connectivity index (χ0v) is 12.8. The summed E-state index contributed by atoms with van der Waals surface area (Å²) in [6.45, 7) is 3.65. The normalized spacial score (nSPS) is 17.1. The fraction of sp³-hybridized carbons (Fsp3) is 0.438. The van der Waals surface area contributed by atoms with Crippen molar-refractivity contribution in [2.75, 3.05) is 13.7 Å². The number of fused-ring (bicyclic) bond motifs is 1. The third-order valence-corrected chi connectivity index (χ3v) is 4.01. The molecule has 6 heteroatoms. The molecule has 0 amide bonds. The first-order valence-corrected chi connectivity index (χ1v) is 7.27. The minimum absolute atomic E-state index is 0.0454. The van der Waals surface area contributed by atoms with Gasteiger partial charge in [0.05, 0.1) is 24.8 Å². The van der Waals surface area contributed by atoms with Crippen LogP contribution in [-0.2, 0) is 9.47 Å². The van der Waals surface area contributed by atoms with Crippen LogP contribution in [0.3, 0.4) is 0 Å². The van der Waals surface area contributed by atoms with Crippen molar-refractivity contribution in [3.05, 3.63) is 34.3 Å². The van der Waals surface area contributed by atoms with Gasteiger partial charge in [0.25, 0.3) is 0 Å². The van der Waals surface area contributed by atoms with Crippen molar-refractivity contribution >= 4 is 17.5 Å². The van der Waals surface area contributed by atoms with Gasteiger partial charge in [-0.3, -0.25) is 9.59 Å². The third kappa shape index (κ3) is 1.98. The van der Waals surface area contributed by atoms with Crippen molar-refractivity contribution in [3.63, 3.8) is 0 Å². The molecular weight excluding hydrogens is 286 g/mol. The molecule has 0 aromatic carbocycles. The fourth-order valence-corrected chi connectivity index (χ4v) is 2.94. The van der Waals surface area contributed by atoms with Crippen LogP contribution in [0.4, 0.5) is 0 Å². The molecule has 1 heterocycles. The Hall–Kier alpha value is -2.37. The lowest BCUT2D eigenvalue weighted by Gasteiger charge is -2.14. The number of carbonyl (C=O) groups excluding carboxylic acids is 3. The summed E-state index contributed by atoms with van der Waals surface area (Å²) in [5.41, 5.74) is 1.20. The van der Waals surface area contributed by atoms with Crippen LogP contribution in [-0.4, -0.2) is 35.8 Å². The molecule has 0 aliphatic heterocycles. The molecule has 0 saturated heterocycles. The number of allylic oxidation sites excluding steroid dienone is 2. The number of methoxy groups -OCH3 is 1. The molecular formula is C16H17NO5. The van der Waals surface area contributed by atoms with Gasteiger partial charge in [-0.15, -0.1) is 0 Å². The predicted octanol–water partition coefficient (Wildman–Crippen LogP) is 2.22. The lowest BCUT2D eigenvalue weighted by atomic mass is 9.96. The van der Waals surface area contributed by atoms with E-state index in [1.165, 1.54) is 13.2 Å². The summed E-state index contributed by atoms with van der Waals surface area (Å²) in [5.74, 6) is -1.37. The Morgan fingerprint density at radius 2 is 2.05 bits per heavy atom. The Morgan fingerprint density at radius 3 is 2.59 bits per heavy atom. The highest BCUT2D eigenvalue weighted by Crippen LogP contribution is 2.42. The van der Waals surface area contributed by atoms with Crippen LogP contribution in [0.25, 0.3) is 0 Å². The number of hydrogen-bond acceptors (Lipinski definition) is 5. The average Bonchev–Trinajstić information content (AvgIpc) is 3.26. The number of aromatic nitrogens is 1. The maximum atomic E-state index is 12.6. The van der Waals surface area contributed by atoms with Gasteiger partial charge in [0.2, 0.25) is 11.6 Å². The number of hydrogen-bond donors (Lipinski definition) is 0. The number of carbonyl (C=O) groups is 3. The first-order chi connectivity index (χ1) is 10.5. The van der Waals surface area contributed by atoms with Gasteiger partial charge >= 0.3 is 5.97 Å². The summed E-state index contributed by atoms with van der Waals surface area (Å²) in [7, 11) is 1.33. The Morgan fingerprint density at radius 1 is 1.36 bits per heavy atom. The van der Waals surface area contributed by atoms with E-state index in [1.807, 2.05) is 4.57 Å². The summed E-state index contributed by atoms with van der Waals surface area (Å²) in [6, 6.07) is 0.172. The van der Waals surface area contributed by atoms with Gasteiger partial charge in [-0.2, -0.15) is 0 Å². The van der Waals surface area contributed by atoms with Crippen molar-refractivity contribution in [1.82, 2.24) is 4.57 Å². The lowest BCUT2D eigenvalue weighted by molar-refractivity contribution is 0.0522. The van der Waals surface area contributed by atoms with E-state index in [9.17, 15) is 14.4 Å². The molecule has 2 aliphatic carbocycles. The molecule has 22 heavy (non-hydrogen) atoms. The fourth-order valence-electron chi connectivity index (χ4n) is 2.94. The van der Waals surface area contributed by atoms with Crippen molar-refractivity contribution in [1.29, 1.82) is 0 Å². The average molecular weight is 303 g/mol. The highest BCUT2D eigenvalue weighted by molar-refractivity contribution is 6.26. The molecule has 0 N–H and O–H groups in total. The van der Waals surface area contributed by atoms with Gasteiger partial charge in [-0.1, -0.05) is 0 Å². The number of esters is 1. The number of nitrogens with zero attached hydrogens (tertiary/aromatic N) is 1. The second kappa shape index (κ2) is 5.12. The molecule has 0 radical (unpaired) electrons. The Kier molecular flexibility index (Phi) is 3.39. The Labute approximate surface area is 127 Å². The minimum atomic E-state index is -0.575. The van der Waals surface area contributed by atoms with Gasteiger partial charge in [0, 0.05) is 17.8 Å². The van der Waals surface area contributed by atoms with Crippen molar-refractivity contribution in [2.24, 2.45) is 0 Å². The molecule has 1 fully saturated rings. The Bertz CT molecular complexity index is 721. The van der Waals surface area contributed by atoms with Gasteiger partial charge in [0.1, 0.15) is 5.69 Å². The largest absolute Gasteiger partial charge is 0.492 e. The second-order valence-electron chi connectivity index (χ2n) is 5.41. The van der Waals surface area contributed by atoms with E-state index in [4.69, 9.17) is 9.47 Å². The second-order valence-corrected chi connectivity index (χ2v) is 5.41. The quantitative estimate of drug-likeness (QED) is 0.797. The highest BCUT2D eigenvalue weighted by Gasteiger charge is 2.41. The molecule has 0 bridgehead atoms. The molecule has 116 valence electrons. The molecule has 6 nitrogen and oxygen atoms in total. The number of Topliss-reactive ketones (excluding diaryl/α,β-unsaturated/α-hetero) is 1. The topological polar surface area (TPSA) is 74.6 Å². The zero-order chi connectivity index (χ0) is 16.0. The molecule has 1 saturated carbocycles. The molecule has 1 aromatic heterocycles.